The number of hydrogen-bond acceptors (Lipinski definition) is 3. The van der Waals surface area contributed by atoms with Gasteiger partial charge in [0.25, 0.3) is 0 Å². The van der Waals surface area contributed by atoms with E-state index in [4.69, 9.17) is 4.74 Å². The lowest BCUT2D eigenvalue weighted by Crippen LogP contribution is -2.39. The summed E-state index contributed by atoms with van der Waals surface area (Å²) >= 11 is 0. The van der Waals surface area contributed by atoms with E-state index in [1.54, 1.807) is 0 Å². The highest BCUT2D eigenvalue weighted by molar-refractivity contribution is 5.31. The lowest BCUT2D eigenvalue weighted by atomic mass is 9.75. The third kappa shape index (κ3) is 3.28. The maximum atomic E-state index is 10.6. The van der Waals surface area contributed by atoms with E-state index < -0.39 is 11.7 Å². The van der Waals surface area contributed by atoms with Gasteiger partial charge in [0.05, 0.1) is 12.2 Å². The summed E-state index contributed by atoms with van der Waals surface area (Å²) in [6.45, 7) is 4.72. The average molecular weight is 264 g/mol. The molecule has 1 aromatic rings. The second kappa shape index (κ2) is 5.93. The molecule has 1 fully saturated rings. The fraction of sp³-hybridized carbons (Fsp3) is 0.625. The highest BCUT2D eigenvalue weighted by Crippen LogP contribution is 2.40. The van der Waals surface area contributed by atoms with Gasteiger partial charge in [0, 0.05) is 0 Å². The van der Waals surface area contributed by atoms with Crippen LogP contribution in [0, 0.1) is 5.92 Å². The van der Waals surface area contributed by atoms with Crippen LogP contribution < -0.4 is 4.74 Å². The topological polar surface area (TPSA) is 49.7 Å². The quantitative estimate of drug-likeness (QED) is 0.878. The summed E-state index contributed by atoms with van der Waals surface area (Å²) in [5.41, 5.74) is -0.250. The summed E-state index contributed by atoms with van der Waals surface area (Å²) < 4.78 is 5.44. The Morgan fingerprint density at radius 1 is 1.37 bits per heavy atom. The van der Waals surface area contributed by atoms with E-state index in [1.807, 2.05) is 31.2 Å². The predicted octanol–water partition coefficient (Wildman–Crippen LogP) is 3.06. The Balaban J connectivity index is 2.14. The summed E-state index contributed by atoms with van der Waals surface area (Å²) in [5, 5.41) is 21.1. The van der Waals surface area contributed by atoms with Gasteiger partial charge < -0.3 is 14.9 Å². The lowest BCUT2D eigenvalue weighted by molar-refractivity contribution is -0.105. The Morgan fingerprint density at radius 3 is 2.68 bits per heavy atom. The van der Waals surface area contributed by atoms with Gasteiger partial charge in [-0.2, -0.15) is 0 Å². The molecule has 0 heterocycles. The molecule has 3 heteroatoms. The normalized spacial score (nSPS) is 28.9. The molecule has 1 aromatic carbocycles. The second-order valence-electron chi connectivity index (χ2n) is 5.69. The first-order valence-corrected chi connectivity index (χ1v) is 7.18. The standard InChI is InChI=1S/C16H24O3/c1-3-19-14-6-4-5-13(11-14)15(17)16(18)9-7-12(2)8-10-16/h4-6,11-12,15,17-18H,3,7-10H2,1-2H3. The first kappa shape index (κ1) is 14.4. The summed E-state index contributed by atoms with van der Waals surface area (Å²) in [5.74, 6) is 1.38. The monoisotopic (exact) mass is 264 g/mol. The van der Waals surface area contributed by atoms with Gasteiger partial charge in [0.1, 0.15) is 11.9 Å². The summed E-state index contributed by atoms with van der Waals surface area (Å²) in [6.07, 6.45) is 2.43. The van der Waals surface area contributed by atoms with Crippen LogP contribution in [0.5, 0.6) is 5.75 Å². The Morgan fingerprint density at radius 2 is 2.05 bits per heavy atom. The molecule has 0 spiro atoms. The van der Waals surface area contributed by atoms with Crippen LogP contribution in [-0.4, -0.2) is 22.4 Å². The average Bonchev–Trinajstić information content (AvgIpc) is 2.42. The van der Waals surface area contributed by atoms with Crippen LogP contribution in [-0.2, 0) is 0 Å². The fourth-order valence-electron chi connectivity index (χ4n) is 2.79. The maximum absolute atomic E-state index is 10.6. The molecule has 2 rings (SSSR count). The van der Waals surface area contributed by atoms with E-state index in [1.165, 1.54) is 0 Å². The van der Waals surface area contributed by atoms with Crippen molar-refractivity contribution in [2.24, 2.45) is 5.92 Å². The van der Waals surface area contributed by atoms with Crippen LogP contribution >= 0.6 is 0 Å². The molecule has 0 bridgehead atoms. The molecule has 0 amide bonds. The predicted molar refractivity (Wildman–Crippen MR) is 75.2 cm³/mol. The zero-order chi connectivity index (χ0) is 13.9. The molecule has 1 aliphatic carbocycles. The van der Waals surface area contributed by atoms with Crippen molar-refractivity contribution in [2.45, 2.75) is 51.2 Å². The van der Waals surface area contributed by atoms with E-state index in [-0.39, 0.29) is 0 Å². The first-order valence-electron chi connectivity index (χ1n) is 7.18. The summed E-state index contributed by atoms with van der Waals surface area (Å²) in [4.78, 5) is 0. The van der Waals surface area contributed by atoms with Gasteiger partial charge in [0.2, 0.25) is 0 Å². The maximum Gasteiger partial charge on any atom is 0.119 e. The SMILES string of the molecule is CCOc1cccc(C(O)C2(O)CCC(C)CC2)c1. The minimum Gasteiger partial charge on any atom is -0.494 e. The van der Waals surface area contributed by atoms with Crippen molar-refractivity contribution in [3.8, 4) is 5.75 Å². The Bertz CT molecular complexity index is 408. The second-order valence-corrected chi connectivity index (χ2v) is 5.69. The minimum absolute atomic E-state index is 0.599. The Hall–Kier alpha value is -1.06. The van der Waals surface area contributed by atoms with Gasteiger partial charge >= 0.3 is 0 Å². The smallest absolute Gasteiger partial charge is 0.119 e. The van der Waals surface area contributed by atoms with Crippen LogP contribution in [0.3, 0.4) is 0 Å². The molecule has 0 saturated heterocycles. The molecular formula is C16H24O3. The molecule has 0 aliphatic heterocycles. The van der Waals surface area contributed by atoms with E-state index in [0.29, 0.717) is 25.4 Å². The van der Waals surface area contributed by atoms with E-state index in [2.05, 4.69) is 6.92 Å². The molecule has 1 saturated carbocycles. The molecular weight excluding hydrogens is 240 g/mol. The van der Waals surface area contributed by atoms with Crippen molar-refractivity contribution in [2.75, 3.05) is 6.61 Å². The summed E-state index contributed by atoms with van der Waals surface area (Å²) in [7, 11) is 0. The lowest BCUT2D eigenvalue weighted by Gasteiger charge is -2.38. The molecule has 1 aliphatic rings. The number of aliphatic hydroxyl groups is 2. The zero-order valence-electron chi connectivity index (χ0n) is 11.8. The number of hydrogen-bond donors (Lipinski definition) is 2. The largest absolute Gasteiger partial charge is 0.494 e. The highest BCUT2D eigenvalue weighted by Gasteiger charge is 2.39. The number of rotatable bonds is 4. The van der Waals surface area contributed by atoms with Gasteiger partial charge in [-0.25, -0.2) is 0 Å². The van der Waals surface area contributed by atoms with E-state index in [9.17, 15) is 10.2 Å². The first-order chi connectivity index (χ1) is 9.05. The minimum atomic E-state index is -0.989. The van der Waals surface area contributed by atoms with E-state index >= 15 is 0 Å². The zero-order valence-corrected chi connectivity index (χ0v) is 11.8. The Labute approximate surface area is 115 Å². The van der Waals surface area contributed by atoms with Crippen molar-refractivity contribution in [3.63, 3.8) is 0 Å². The van der Waals surface area contributed by atoms with Crippen LogP contribution in [0.25, 0.3) is 0 Å². The molecule has 106 valence electrons. The third-order valence-electron chi connectivity index (χ3n) is 4.13. The van der Waals surface area contributed by atoms with Gasteiger partial charge in [-0.3, -0.25) is 0 Å². The molecule has 2 N–H and O–H groups in total. The van der Waals surface area contributed by atoms with Gasteiger partial charge in [-0.15, -0.1) is 0 Å². The van der Waals surface area contributed by atoms with Crippen molar-refractivity contribution < 1.29 is 14.9 Å². The number of benzene rings is 1. The molecule has 0 radical (unpaired) electrons. The molecule has 1 unspecified atom stereocenters. The van der Waals surface area contributed by atoms with Crippen LogP contribution in [0.15, 0.2) is 24.3 Å². The molecule has 1 atom stereocenters. The van der Waals surface area contributed by atoms with Crippen molar-refractivity contribution in [1.82, 2.24) is 0 Å². The van der Waals surface area contributed by atoms with Gasteiger partial charge in [-0.05, 0) is 56.2 Å². The number of ether oxygens (including phenoxy) is 1. The van der Waals surface area contributed by atoms with Crippen LogP contribution in [0.2, 0.25) is 0 Å². The van der Waals surface area contributed by atoms with Gasteiger partial charge in [0.15, 0.2) is 0 Å². The highest BCUT2D eigenvalue weighted by atomic mass is 16.5. The van der Waals surface area contributed by atoms with Crippen molar-refractivity contribution in [3.05, 3.63) is 29.8 Å². The molecule has 19 heavy (non-hydrogen) atoms. The van der Waals surface area contributed by atoms with Crippen molar-refractivity contribution in [1.29, 1.82) is 0 Å². The van der Waals surface area contributed by atoms with Gasteiger partial charge in [-0.1, -0.05) is 19.1 Å². The van der Waals surface area contributed by atoms with Crippen molar-refractivity contribution >= 4 is 0 Å². The molecule has 0 aromatic heterocycles. The third-order valence-corrected chi connectivity index (χ3v) is 4.13. The Kier molecular flexibility index (Phi) is 4.48. The van der Waals surface area contributed by atoms with Crippen LogP contribution in [0.1, 0.15) is 51.2 Å². The fourth-order valence-corrected chi connectivity index (χ4v) is 2.79. The number of aliphatic hydroxyl groups excluding tert-OH is 1. The summed E-state index contributed by atoms with van der Waals surface area (Å²) in [6, 6.07) is 7.40. The van der Waals surface area contributed by atoms with E-state index in [0.717, 1.165) is 24.2 Å². The van der Waals surface area contributed by atoms with Crippen LogP contribution in [0.4, 0.5) is 0 Å². The molecule has 3 nitrogen and oxygen atoms in total.